The number of amides is 2. The van der Waals surface area contributed by atoms with Crippen LogP contribution < -0.4 is 10.6 Å². The second-order valence-corrected chi connectivity index (χ2v) is 4.67. The lowest BCUT2D eigenvalue weighted by Crippen LogP contribution is -2.30. The van der Waals surface area contributed by atoms with E-state index in [1.54, 1.807) is 38.1 Å². The summed E-state index contributed by atoms with van der Waals surface area (Å²) in [7, 11) is 0. The topological polar surface area (TPSA) is 87.7 Å². The van der Waals surface area contributed by atoms with Gasteiger partial charge in [-0.3, -0.25) is 10.1 Å². The minimum Gasteiger partial charge on any atom is -0.450 e. The number of carbonyl (C=O) groups excluding carboxylic acids is 2. The highest BCUT2D eigenvalue weighted by molar-refractivity contribution is 5.93. The molecule has 6 nitrogen and oxygen atoms in total. The molecule has 2 amide bonds. The molecule has 0 fully saturated rings. The lowest BCUT2D eigenvalue weighted by Gasteiger charge is -2.17. The summed E-state index contributed by atoms with van der Waals surface area (Å²) in [6.45, 7) is 5.48. The van der Waals surface area contributed by atoms with E-state index in [1.165, 1.54) is 0 Å². The number of aliphatic hydroxyl groups is 1. The summed E-state index contributed by atoms with van der Waals surface area (Å²) in [4.78, 5) is 23.2. The van der Waals surface area contributed by atoms with Crippen molar-refractivity contribution in [3.63, 3.8) is 0 Å². The first-order chi connectivity index (χ1) is 9.97. The fourth-order valence-electron chi connectivity index (χ4n) is 1.90. The molecule has 1 aromatic rings. The van der Waals surface area contributed by atoms with E-state index in [2.05, 4.69) is 10.6 Å². The van der Waals surface area contributed by atoms with Gasteiger partial charge in [0.15, 0.2) is 0 Å². The van der Waals surface area contributed by atoms with E-state index in [-0.39, 0.29) is 5.91 Å². The Kier molecular flexibility index (Phi) is 6.68. The summed E-state index contributed by atoms with van der Waals surface area (Å²) in [6, 6.07) is 6.67. The van der Waals surface area contributed by atoms with Gasteiger partial charge in [0.05, 0.1) is 18.6 Å². The van der Waals surface area contributed by atoms with E-state index >= 15 is 0 Å². The fourth-order valence-corrected chi connectivity index (χ4v) is 1.90. The van der Waals surface area contributed by atoms with Crippen LogP contribution in [0.2, 0.25) is 0 Å². The largest absolute Gasteiger partial charge is 0.450 e. The second-order valence-electron chi connectivity index (χ2n) is 4.67. The third-order valence-corrected chi connectivity index (χ3v) is 3.03. The molecule has 0 radical (unpaired) electrons. The first kappa shape index (κ1) is 17.0. The van der Waals surface area contributed by atoms with Crippen LogP contribution in [0.4, 0.5) is 16.2 Å². The molecule has 0 heterocycles. The van der Waals surface area contributed by atoms with Crippen molar-refractivity contribution in [3.8, 4) is 0 Å². The molecular formula is C15H22N2O4. The molecule has 2 unspecified atom stereocenters. The number of aliphatic hydroxyl groups excluding tert-OH is 1. The van der Waals surface area contributed by atoms with Gasteiger partial charge < -0.3 is 15.2 Å². The Labute approximate surface area is 124 Å². The first-order valence-electron chi connectivity index (χ1n) is 7.00. The van der Waals surface area contributed by atoms with Crippen molar-refractivity contribution >= 4 is 23.4 Å². The quantitative estimate of drug-likeness (QED) is 0.752. The number of ether oxygens (including phenoxy) is 1. The van der Waals surface area contributed by atoms with Gasteiger partial charge in [0.2, 0.25) is 5.91 Å². The van der Waals surface area contributed by atoms with Crippen LogP contribution in [0.1, 0.15) is 27.2 Å². The summed E-state index contributed by atoms with van der Waals surface area (Å²) in [5, 5.41) is 14.8. The molecular weight excluding hydrogens is 272 g/mol. The van der Waals surface area contributed by atoms with Gasteiger partial charge in [0, 0.05) is 11.4 Å². The molecule has 1 rings (SSSR count). The Morgan fingerprint density at radius 3 is 2.10 bits per heavy atom. The average molecular weight is 294 g/mol. The van der Waals surface area contributed by atoms with Crippen LogP contribution in [0.3, 0.4) is 0 Å². The maximum atomic E-state index is 12.0. The summed E-state index contributed by atoms with van der Waals surface area (Å²) in [6.07, 6.45) is -0.652. The highest BCUT2D eigenvalue weighted by Gasteiger charge is 2.21. The van der Waals surface area contributed by atoms with Crippen LogP contribution in [0, 0.1) is 5.92 Å². The molecule has 6 heteroatoms. The van der Waals surface area contributed by atoms with Gasteiger partial charge in [-0.25, -0.2) is 4.79 Å². The van der Waals surface area contributed by atoms with Crippen molar-refractivity contribution in [2.75, 3.05) is 17.2 Å². The summed E-state index contributed by atoms with van der Waals surface area (Å²) >= 11 is 0. The number of benzene rings is 1. The smallest absolute Gasteiger partial charge is 0.411 e. The maximum Gasteiger partial charge on any atom is 0.411 e. The number of carbonyl (C=O) groups is 2. The molecule has 2 atom stereocenters. The SMILES string of the molecule is CCOC(=O)Nc1ccc(NC(=O)C(CC)C(C)O)cc1. The van der Waals surface area contributed by atoms with Crippen molar-refractivity contribution in [3.05, 3.63) is 24.3 Å². The van der Waals surface area contributed by atoms with Crippen LogP contribution >= 0.6 is 0 Å². The van der Waals surface area contributed by atoms with E-state index in [0.717, 1.165) is 0 Å². The molecule has 116 valence electrons. The summed E-state index contributed by atoms with van der Waals surface area (Å²) in [5.41, 5.74) is 1.18. The Balaban J connectivity index is 2.62. The van der Waals surface area contributed by atoms with Crippen molar-refractivity contribution in [2.45, 2.75) is 33.3 Å². The summed E-state index contributed by atoms with van der Waals surface area (Å²) in [5.74, 6) is -0.666. The third kappa shape index (κ3) is 5.43. The molecule has 0 aliphatic rings. The van der Waals surface area contributed by atoms with Crippen LogP contribution in [0.5, 0.6) is 0 Å². The molecule has 0 aliphatic carbocycles. The van der Waals surface area contributed by atoms with E-state index in [9.17, 15) is 14.7 Å². The van der Waals surface area contributed by atoms with Crippen molar-refractivity contribution < 1.29 is 19.4 Å². The predicted molar refractivity (Wildman–Crippen MR) is 81.2 cm³/mol. The third-order valence-electron chi connectivity index (χ3n) is 3.03. The predicted octanol–water partition coefficient (Wildman–Crippen LogP) is 2.60. The zero-order valence-corrected chi connectivity index (χ0v) is 12.6. The molecule has 1 aromatic carbocycles. The normalized spacial score (nSPS) is 13.1. The zero-order valence-electron chi connectivity index (χ0n) is 12.6. The summed E-state index contributed by atoms with van der Waals surface area (Å²) < 4.78 is 4.77. The van der Waals surface area contributed by atoms with Gasteiger partial charge in [0.25, 0.3) is 0 Å². The molecule has 0 aromatic heterocycles. The van der Waals surface area contributed by atoms with Gasteiger partial charge in [-0.15, -0.1) is 0 Å². The molecule has 0 aliphatic heterocycles. The molecule has 0 saturated heterocycles. The highest BCUT2D eigenvalue weighted by atomic mass is 16.5. The van der Waals surface area contributed by atoms with E-state index < -0.39 is 18.1 Å². The fraction of sp³-hybridized carbons (Fsp3) is 0.467. The van der Waals surface area contributed by atoms with E-state index in [0.29, 0.717) is 24.4 Å². The average Bonchev–Trinajstić information content (AvgIpc) is 2.41. The zero-order chi connectivity index (χ0) is 15.8. The number of nitrogens with one attached hydrogen (secondary N) is 2. The minimum atomic E-state index is -0.695. The molecule has 0 saturated carbocycles. The Bertz CT molecular complexity index is 471. The number of hydrogen-bond donors (Lipinski definition) is 3. The maximum absolute atomic E-state index is 12.0. The lowest BCUT2D eigenvalue weighted by atomic mass is 10.00. The van der Waals surface area contributed by atoms with Crippen molar-refractivity contribution in [2.24, 2.45) is 5.92 Å². The molecule has 0 spiro atoms. The van der Waals surface area contributed by atoms with Gasteiger partial charge in [-0.05, 0) is 44.5 Å². The van der Waals surface area contributed by atoms with Crippen molar-refractivity contribution in [1.82, 2.24) is 0 Å². The molecule has 3 N–H and O–H groups in total. The monoisotopic (exact) mass is 294 g/mol. The van der Waals surface area contributed by atoms with E-state index in [1.807, 2.05) is 6.92 Å². The highest BCUT2D eigenvalue weighted by Crippen LogP contribution is 2.16. The van der Waals surface area contributed by atoms with Crippen LogP contribution in [0.15, 0.2) is 24.3 Å². The van der Waals surface area contributed by atoms with Gasteiger partial charge in [-0.2, -0.15) is 0 Å². The number of hydrogen-bond acceptors (Lipinski definition) is 4. The second kappa shape index (κ2) is 8.26. The van der Waals surface area contributed by atoms with Gasteiger partial charge >= 0.3 is 6.09 Å². The first-order valence-corrected chi connectivity index (χ1v) is 7.00. The number of rotatable bonds is 6. The number of anilines is 2. The minimum absolute atomic E-state index is 0.224. The lowest BCUT2D eigenvalue weighted by molar-refractivity contribution is -0.123. The Hall–Kier alpha value is -2.08. The van der Waals surface area contributed by atoms with Gasteiger partial charge in [-0.1, -0.05) is 6.92 Å². The Morgan fingerprint density at radius 1 is 1.14 bits per heavy atom. The van der Waals surface area contributed by atoms with Crippen LogP contribution in [-0.2, 0) is 9.53 Å². The van der Waals surface area contributed by atoms with E-state index in [4.69, 9.17) is 4.74 Å². The Morgan fingerprint density at radius 2 is 1.67 bits per heavy atom. The molecule has 21 heavy (non-hydrogen) atoms. The van der Waals surface area contributed by atoms with Crippen LogP contribution in [0.25, 0.3) is 0 Å². The van der Waals surface area contributed by atoms with Gasteiger partial charge in [0.1, 0.15) is 0 Å². The van der Waals surface area contributed by atoms with Crippen LogP contribution in [-0.4, -0.2) is 29.8 Å². The van der Waals surface area contributed by atoms with Crippen molar-refractivity contribution in [1.29, 1.82) is 0 Å². The molecule has 0 bridgehead atoms. The standard InChI is InChI=1S/C15H22N2O4/c1-4-13(10(3)18)14(19)16-11-6-8-12(9-7-11)17-15(20)21-5-2/h6-10,13,18H,4-5H2,1-3H3,(H,16,19)(H,17,20).